The Kier molecular flexibility index (Phi) is 4.06. The Morgan fingerprint density at radius 2 is 1.89 bits per heavy atom. The van der Waals surface area contributed by atoms with Crippen molar-refractivity contribution < 1.29 is 19.8 Å². The molecule has 0 aliphatic carbocycles. The number of nitrogens with zero attached hydrogens (tertiary/aromatic N) is 2. The summed E-state index contributed by atoms with van der Waals surface area (Å²) in [5.74, 6) is -0.787. The summed E-state index contributed by atoms with van der Waals surface area (Å²) in [5, 5.41) is 18.2. The number of carboxylic acid groups (broad SMARTS) is 1. The van der Waals surface area contributed by atoms with Crippen molar-refractivity contribution in [3.8, 4) is 0 Å². The molecule has 2 atom stereocenters. The topological polar surface area (TPSA) is 81.1 Å². The van der Waals surface area contributed by atoms with E-state index in [1.165, 1.54) is 4.90 Å². The van der Waals surface area contributed by atoms with Gasteiger partial charge in [-0.3, -0.25) is 0 Å². The number of likely N-dealkylation sites (tertiary alicyclic amines) is 2. The largest absolute Gasteiger partial charge is 0.480 e. The van der Waals surface area contributed by atoms with E-state index in [0.29, 0.717) is 26.1 Å². The van der Waals surface area contributed by atoms with Gasteiger partial charge >= 0.3 is 12.0 Å². The molecule has 102 valence electrons. The minimum Gasteiger partial charge on any atom is -0.480 e. The van der Waals surface area contributed by atoms with E-state index < -0.39 is 12.0 Å². The molecule has 18 heavy (non-hydrogen) atoms. The van der Waals surface area contributed by atoms with Crippen molar-refractivity contribution in [2.24, 2.45) is 5.92 Å². The second-order valence-corrected chi connectivity index (χ2v) is 5.11. The van der Waals surface area contributed by atoms with Crippen molar-refractivity contribution in [3.63, 3.8) is 0 Å². The number of piperidine rings is 1. The first-order valence-corrected chi connectivity index (χ1v) is 6.52. The lowest BCUT2D eigenvalue weighted by molar-refractivity contribution is -0.141. The number of hydrogen-bond acceptors (Lipinski definition) is 3. The van der Waals surface area contributed by atoms with Gasteiger partial charge in [0.15, 0.2) is 0 Å². The first-order valence-electron chi connectivity index (χ1n) is 6.52. The van der Waals surface area contributed by atoms with Crippen molar-refractivity contribution in [2.75, 3.05) is 26.2 Å². The second-order valence-electron chi connectivity index (χ2n) is 5.11. The molecule has 2 saturated heterocycles. The maximum Gasteiger partial charge on any atom is 0.326 e. The van der Waals surface area contributed by atoms with Crippen LogP contribution in [0.5, 0.6) is 0 Å². The molecule has 2 aliphatic rings. The third kappa shape index (κ3) is 2.58. The minimum atomic E-state index is -0.920. The predicted molar refractivity (Wildman–Crippen MR) is 64.1 cm³/mol. The zero-order valence-electron chi connectivity index (χ0n) is 10.4. The Morgan fingerprint density at radius 3 is 2.56 bits per heavy atom. The second kappa shape index (κ2) is 5.56. The number of aliphatic hydroxyl groups excluding tert-OH is 1. The highest BCUT2D eigenvalue weighted by atomic mass is 16.4. The number of aliphatic carboxylic acids is 1. The predicted octanol–water partition coefficient (Wildman–Crippen LogP) is 0.360. The molecule has 0 aromatic carbocycles. The van der Waals surface area contributed by atoms with Crippen LogP contribution in [0, 0.1) is 5.92 Å². The molecule has 0 spiro atoms. The van der Waals surface area contributed by atoms with E-state index in [-0.39, 0.29) is 18.6 Å². The van der Waals surface area contributed by atoms with Gasteiger partial charge in [0.25, 0.3) is 0 Å². The molecule has 0 aromatic heterocycles. The number of urea groups is 1. The Morgan fingerprint density at radius 1 is 1.17 bits per heavy atom. The molecule has 0 bridgehead atoms. The van der Waals surface area contributed by atoms with E-state index >= 15 is 0 Å². The van der Waals surface area contributed by atoms with Crippen LogP contribution in [0.25, 0.3) is 0 Å². The van der Waals surface area contributed by atoms with Crippen molar-refractivity contribution >= 4 is 12.0 Å². The van der Waals surface area contributed by atoms with Crippen LogP contribution in [-0.2, 0) is 4.79 Å². The summed E-state index contributed by atoms with van der Waals surface area (Å²) in [7, 11) is 0. The van der Waals surface area contributed by atoms with E-state index in [1.807, 2.05) is 0 Å². The van der Waals surface area contributed by atoms with Crippen LogP contribution in [0.1, 0.15) is 25.7 Å². The SMILES string of the molecule is O=C(O)[C@H]1CCCN1C(=O)N1CCCC(CO)C1. The monoisotopic (exact) mass is 256 g/mol. The molecule has 2 rings (SSSR count). The average molecular weight is 256 g/mol. The molecule has 6 nitrogen and oxygen atoms in total. The smallest absolute Gasteiger partial charge is 0.326 e. The Balaban J connectivity index is 1.99. The lowest BCUT2D eigenvalue weighted by atomic mass is 9.99. The van der Waals surface area contributed by atoms with Crippen LogP contribution in [0.4, 0.5) is 4.79 Å². The van der Waals surface area contributed by atoms with Gasteiger partial charge < -0.3 is 20.0 Å². The number of hydrogen-bond donors (Lipinski definition) is 2. The number of carbonyl (C=O) groups is 2. The lowest BCUT2D eigenvalue weighted by Gasteiger charge is -2.35. The number of aliphatic hydroxyl groups is 1. The third-order valence-corrected chi connectivity index (χ3v) is 3.83. The minimum absolute atomic E-state index is 0.0894. The molecular weight excluding hydrogens is 236 g/mol. The molecular formula is C12H20N2O4. The van der Waals surface area contributed by atoms with Gasteiger partial charge in [-0.15, -0.1) is 0 Å². The van der Waals surface area contributed by atoms with Crippen LogP contribution in [-0.4, -0.2) is 64.3 Å². The number of carbonyl (C=O) groups excluding carboxylic acids is 1. The Labute approximate surface area is 106 Å². The molecule has 2 N–H and O–H groups in total. The third-order valence-electron chi connectivity index (χ3n) is 3.83. The number of rotatable bonds is 2. The molecule has 2 fully saturated rings. The van der Waals surface area contributed by atoms with E-state index in [9.17, 15) is 9.59 Å². The number of carboxylic acids is 1. The summed E-state index contributed by atoms with van der Waals surface area (Å²) < 4.78 is 0. The number of amides is 2. The highest BCUT2D eigenvalue weighted by molar-refractivity contribution is 5.83. The van der Waals surface area contributed by atoms with Crippen LogP contribution in [0.3, 0.4) is 0 Å². The van der Waals surface area contributed by atoms with Gasteiger partial charge in [0.05, 0.1) is 0 Å². The molecule has 0 aromatic rings. The standard InChI is InChI=1S/C12H20N2O4/c15-8-9-3-1-5-13(7-9)12(18)14-6-2-4-10(14)11(16)17/h9-10,15H,1-8H2,(H,16,17)/t9?,10-/m1/s1. The maximum absolute atomic E-state index is 12.3. The van der Waals surface area contributed by atoms with Crippen molar-refractivity contribution in [1.29, 1.82) is 0 Å². The van der Waals surface area contributed by atoms with E-state index in [4.69, 9.17) is 10.2 Å². The van der Waals surface area contributed by atoms with Gasteiger partial charge in [0.2, 0.25) is 0 Å². The molecule has 2 amide bonds. The first kappa shape index (κ1) is 13.1. The normalized spacial score (nSPS) is 28.5. The zero-order valence-corrected chi connectivity index (χ0v) is 10.4. The Hall–Kier alpha value is -1.30. The van der Waals surface area contributed by atoms with Gasteiger partial charge in [0, 0.05) is 26.2 Å². The van der Waals surface area contributed by atoms with Crippen LogP contribution in [0.2, 0.25) is 0 Å². The summed E-state index contributed by atoms with van der Waals surface area (Å²) >= 11 is 0. The molecule has 2 heterocycles. The summed E-state index contributed by atoms with van der Waals surface area (Å²) in [5.41, 5.74) is 0. The lowest BCUT2D eigenvalue weighted by Crippen LogP contribution is -2.51. The molecule has 0 saturated carbocycles. The van der Waals surface area contributed by atoms with Crippen molar-refractivity contribution in [1.82, 2.24) is 9.80 Å². The average Bonchev–Trinajstić information content (AvgIpc) is 2.87. The first-order chi connectivity index (χ1) is 8.63. The van der Waals surface area contributed by atoms with Gasteiger partial charge in [-0.2, -0.15) is 0 Å². The van der Waals surface area contributed by atoms with E-state index in [2.05, 4.69) is 0 Å². The van der Waals surface area contributed by atoms with Crippen LogP contribution >= 0.6 is 0 Å². The molecule has 6 heteroatoms. The fraction of sp³-hybridized carbons (Fsp3) is 0.833. The maximum atomic E-state index is 12.3. The molecule has 2 aliphatic heterocycles. The van der Waals surface area contributed by atoms with Gasteiger partial charge in [-0.05, 0) is 31.6 Å². The van der Waals surface area contributed by atoms with Gasteiger partial charge in [0.1, 0.15) is 6.04 Å². The van der Waals surface area contributed by atoms with Crippen molar-refractivity contribution in [2.45, 2.75) is 31.7 Å². The quantitative estimate of drug-likeness (QED) is 0.747. The van der Waals surface area contributed by atoms with E-state index in [0.717, 1.165) is 19.3 Å². The van der Waals surface area contributed by atoms with Crippen LogP contribution in [0.15, 0.2) is 0 Å². The van der Waals surface area contributed by atoms with Crippen LogP contribution < -0.4 is 0 Å². The summed E-state index contributed by atoms with van der Waals surface area (Å²) in [6.45, 7) is 1.82. The fourth-order valence-corrected chi connectivity index (χ4v) is 2.82. The Bertz CT molecular complexity index is 334. The zero-order chi connectivity index (χ0) is 13.1. The molecule has 1 unspecified atom stereocenters. The molecule has 0 radical (unpaired) electrons. The van der Waals surface area contributed by atoms with Gasteiger partial charge in [-0.1, -0.05) is 0 Å². The highest BCUT2D eigenvalue weighted by Crippen LogP contribution is 2.22. The summed E-state index contributed by atoms with van der Waals surface area (Å²) in [6, 6.07) is -0.856. The summed E-state index contributed by atoms with van der Waals surface area (Å²) in [6.07, 6.45) is 3.10. The van der Waals surface area contributed by atoms with Gasteiger partial charge in [-0.25, -0.2) is 9.59 Å². The van der Waals surface area contributed by atoms with Crippen molar-refractivity contribution in [3.05, 3.63) is 0 Å². The van der Waals surface area contributed by atoms with E-state index in [1.54, 1.807) is 4.90 Å². The highest BCUT2D eigenvalue weighted by Gasteiger charge is 2.37. The fourth-order valence-electron chi connectivity index (χ4n) is 2.82. The summed E-state index contributed by atoms with van der Waals surface area (Å²) in [4.78, 5) is 26.5.